The molecule has 8 aromatic rings. The maximum Gasteiger partial charge on any atom is 0.325 e. The third kappa shape index (κ3) is 30.1. The Hall–Kier alpha value is -4.42. The van der Waals surface area contributed by atoms with Crippen LogP contribution in [0.25, 0.3) is 19.5 Å². The van der Waals surface area contributed by atoms with Crippen molar-refractivity contribution >= 4 is 89.6 Å². The minimum atomic E-state index is -4.27. The fourth-order valence-electron chi connectivity index (χ4n) is 8.24. The van der Waals surface area contributed by atoms with E-state index in [2.05, 4.69) is 66.4 Å². The lowest BCUT2D eigenvalue weighted by Gasteiger charge is -2.16. The average molecular weight is 1380 g/mol. The van der Waals surface area contributed by atoms with Crippen molar-refractivity contribution in [2.75, 3.05) is 44.9 Å². The zero-order chi connectivity index (χ0) is 63.8. The highest BCUT2D eigenvalue weighted by atomic mass is 32.2. The first-order valence-corrected chi connectivity index (χ1v) is 40.0. The second-order valence-electron chi connectivity index (χ2n) is 20.3. The SMILES string of the molecule is CCCCc1ccc[nH+]c1.CCCCc1cccnc1.Cc1ccc(S(=O)(=O)[O-])cc1.O=P(O)(O)CCCCc1ccc(-c2sc(-c3ccc(CCCCP(=O)(O)O)s3)c3c2OCCO3)s1.O=P(O)(O)CCCCc1cccs1.c1scc2c1OCCO2. The second-order valence-corrected chi connectivity index (χ2v) is 32.1. The van der Waals surface area contributed by atoms with E-state index in [0.29, 0.717) is 45.7 Å². The summed E-state index contributed by atoms with van der Waals surface area (Å²) in [6, 6.07) is 26.4. The van der Waals surface area contributed by atoms with Gasteiger partial charge in [0.05, 0.1) is 14.6 Å². The average Bonchev–Trinajstić information content (AvgIpc) is 2.53. The molecular formula is C61H81N2O16P3S6. The lowest BCUT2D eigenvalue weighted by atomic mass is 10.1. The highest BCUT2D eigenvalue weighted by Gasteiger charge is 2.28. The zero-order valence-electron chi connectivity index (χ0n) is 49.7. The number of hydrogen-bond acceptors (Lipinski definition) is 16. The van der Waals surface area contributed by atoms with Gasteiger partial charge >= 0.3 is 22.8 Å². The molecule has 0 fully saturated rings. The van der Waals surface area contributed by atoms with Crippen molar-refractivity contribution in [2.24, 2.45) is 0 Å². The molecular weight excluding hydrogens is 1300 g/mol. The van der Waals surface area contributed by atoms with Crippen LogP contribution in [0.15, 0.2) is 131 Å². The maximum atomic E-state index is 11.0. The van der Waals surface area contributed by atoms with Crippen molar-refractivity contribution in [1.29, 1.82) is 0 Å². The van der Waals surface area contributed by atoms with Crippen molar-refractivity contribution < 1.29 is 80.0 Å². The summed E-state index contributed by atoms with van der Waals surface area (Å²) in [5.41, 5.74) is 3.69. The van der Waals surface area contributed by atoms with Crippen LogP contribution in [0.4, 0.5) is 0 Å². The predicted molar refractivity (Wildman–Crippen MR) is 355 cm³/mol. The molecule has 18 nitrogen and oxygen atoms in total. The highest BCUT2D eigenvalue weighted by molar-refractivity contribution is 7.85. The van der Waals surface area contributed by atoms with Gasteiger partial charge in [0.2, 0.25) is 0 Å². The number of benzene rings is 1. The molecule has 2 aliphatic rings. The molecule has 2 aliphatic heterocycles. The van der Waals surface area contributed by atoms with Crippen LogP contribution in [0, 0.1) is 6.92 Å². The van der Waals surface area contributed by atoms with E-state index in [-0.39, 0.29) is 23.4 Å². The van der Waals surface area contributed by atoms with Crippen LogP contribution in [-0.4, -0.2) is 92.2 Å². The zero-order valence-corrected chi connectivity index (χ0v) is 57.3. The fraction of sp³-hybridized carbons (Fsp3) is 0.410. The Balaban J connectivity index is 0.000000217. The summed E-state index contributed by atoms with van der Waals surface area (Å²) >= 11 is 8.26. The van der Waals surface area contributed by atoms with E-state index in [1.165, 1.54) is 76.4 Å². The summed E-state index contributed by atoms with van der Waals surface area (Å²) in [7, 11) is -15.9. The Morgan fingerprint density at radius 2 is 1.05 bits per heavy atom. The van der Waals surface area contributed by atoms with Crippen LogP contribution >= 0.6 is 79.5 Å². The predicted octanol–water partition coefficient (Wildman–Crippen LogP) is 14.9. The highest BCUT2D eigenvalue weighted by Crippen LogP contribution is 2.56. The molecule has 7 N–H and O–H groups in total. The number of nitrogens with zero attached hydrogens (tertiary/aromatic N) is 1. The molecule has 0 saturated heterocycles. The van der Waals surface area contributed by atoms with Crippen LogP contribution in [0.5, 0.6) is 23.0 Å². The first kappa shape index (κ1) is 74.3. The topological polar surface area (TPSA) is 294 Å². The summed E-state index contributed by atoms with van der Waals surface area (Å²) in [5.74, 6) is 3.32. The molecule has 0 radical (unpaired) electrons. The van der Waals surface area contributed by atoms with Gasteiger partial charge < -0.3 is 52.9 Å². The molecule has 88 heavy (non-hydrogen) atoms. The lowest BCUT2D eigenvalue weighted by molar-refractivity contribution is -0.378. The van der Waals surface area contributed by atoms with E-state index in [4.69, 9.17) is 48.3 Å². The number of rotatable bonds is 24. The number of ether oxygens (including phenoxy) is 4. The number of hydrogen-bond donors (Lipinski definition) is 6. The van der Waals surface area contributed by atoms with Gasteiger partial charge in [0.25, 0.3) is 0 Å². The van der Waals surface area contributed by atoms with Gasteiger partial charge in [0.15, 0.2) is 35.4 Å². The van der Waals surface area contributed by atoms with Gasteiger partial charge in [-0.25, -0.2) is 13.4 Å². The molecule has 0 saturated carbocycles. The van der Waals surface area contributed by atoms with Gasteiger partial charge in [-0.3, -0.25) is 18.7 Å². The van der Waals surface area contributed by atoms with Gasteiger partial charge in [0.1, 0.15) is 36.5 Å². The molecule has 0 unspecified atom stereocenters. The summed E-state index contributed by atoms with van der Waals surface area (Å²) in [4.78, 5) is 68.0. The summed E-state index contributed by atoms with van der Waals surface area (Å²) in [5, 5.41) is 5.92. The minimum Gasteiger partial charge on any atom is -0.744 e. The van der Waals surface area contributed by atoms with Gasteiger partial charge in [-0.2, -0.15) is 0 Å². The summed E-state index contributed by atoms with van der Waals surface area (Å²) in [6.45, 7) is 8.59. The maximum absolute atomic E-state index is 11.0. The molecule has 10 rings (SSSR count). The number of aromatic amines is 1. The number of pyridine rings is 2. The Kier molecular flexibility index (Phi) is 33.0. The van der Waals surface area contributed by atoms with Crippen molar-refractivity contribution in [3.05, 3.63) is 157 Å². The number of aromatic nitrogens is 2. The molecule has 0 spiro atoms. The smallest absolute Gasteiger partial charge is 0.325 e. The largest absolute Gasteiger partial charge is 0.744 e. The summed E-state index contributed by atoms with van der Waals surface area (Å²) < 4.78 is 86.2. The van der Waals surface area contributed by atoms with Crippen LogP contribution < -0.4 is 23.9 Å². The molecule has 7 aromatic heterocycles. The van der Waals surface area contributed by atoms with Crippen LogP contribution in [0.1, 0.15) is 109 Å². The first-order chi connectivity index (χ1) is 42.0. The quantitative estimate of drug-likeness (QED) is 0.0186. The molecule has 0 atom stereocenters. The fourth-order valence-corrected chi connectivity index (χ4v) is 15.5. The molecule has 0 bridgehead atoms. The standard InChI is InChI=1S/C22H28O8P2S3.2C9H13N.C8H13O3PS.C7H8O3S.C6H6O2S/c23-31(24,25)13-3-1-5-15-7-9-17(33-15)21-19-20(30-12-11-29-19)22(35-21)18-10-8-16(34-18)6-2-4-14-32(26,27)28;2*1-2-3-5-9-6-4-7-10-8-9;9-12(10,11)6-2-1-4-8-5-3-7-13-8;1-6-2-4-7(5-3-6)11(8,9)10;1-2-8-6-4-9-3-5(6)7-1/h7-10H,1-6,11-14H2,(H2,23,24,25)(H2,26,27,28);2*4,6-8H,2-3,5H2,1H3;3,5,7H,1-2,4,6H2,(H2,9,10,11);2-5H,1H3,(H,8,9,10);3-4H,1-2H2. The third-order valence-corrected chi connectivity index (χ3v) is 21.7. The van der Waals surface area contributed by atoms with Crippen LogP contribution in [0.3, 0.4) is 0 Å². The van der Waals surface area contributed by atoms with Gasteiger partial charge in [0, 0.05) is 77.7 Å². The second kappa shape index (κ2) is 39.1. The van der Waals surface area contributed by atoms with Crippen LogP contribution in [-0.2, 0) is 55.9 Å². The van der Waals surface area contributed by atoms with E-state index in [9.17, 15) is 26.7 Å². The normalized spacial score (nSPS) is 12.5. The van der Waals surface area contributed by atoms with E-state index < -0.39 is 32.9 Å². The van der Waals surface area contributed by atoms with E-state index in [0.717, 1.165) is 86.6 Å². The number of thiophene rings is 5. The monoisotopic (exact) mass is 1380 g/mol. The number of nitrogens with one attached hydrogen (secondary N) is 1. The van der Waals surface area contributed by atoms with Crippen molar-refractivity contribution in [3.63, 3.8) is 0 Å². The molecule has 482 valence electrons. The van der Waals surface area contributed by atoms with E-state index in [1.54, 1.807) is 68.8 Å². The lowest BCUT2D eigenvalue weighted by Crippen LogP contribution is -2.14. The molecule has 27 heteroatoms. The molecule has 9 heterocycles. The van der Waals surface area contributed by atoms with Crippen molar-refractivity contribution in [1.82, 2.24) is 4.98 Å². The molecule has 1 aromatic carbocycles. The van der Waals surface area contributed by atoms with E-state index >= 15 is 0 Å². The van der Waals surface area contributed by atoms with Crippen LogP contribution in [0.2, 0.25) is 0 Å². The molecule has 0 aliphatic carbocycles. The number of unbranched alkanes of at least 4 members (excludes halogenated alkanes) is 5. The number of H-pyrrole nitrogens is 1. The van der Waals surface area contributed by atoms with E-state index in [1.807, 2.05) is 65.9 Å². The van der Waals surface area contributed by atoms with Crippen molar-refractivity contribution in [2.45, 2.75) is 122 Å². The summed E-state index contributed by atoms with van der Waals surface area (Å²) in [6.07, 6.45) is 21.5. The van der Waals surface area contributed by atoms with Gasteiger partial charge in [-0.15, -0.1) is 56.7 Å². The van der Waals surface area contributed by atoms with Gasteiger partial charge in [-0.05, 0) is 156 Å². The number of fused-ring (bicyclic) bond motifs is 2. The Labute approximate surface area is 537 Å². The third-order valence-electron chi connectivity index (χ3n) is 12.8. The Morgan fingerprint density at radius 3 is 1.48 bits per heavy atom. The molecule has 0 amide bonds. The Morgan fingerprint density at radius 1 is 0.557 bits per heavy atom. The first-order valence-electron chi connectivity index (χ1n) is 28.9. The minimum absolute atomic E-state index is 0.0123. The van der Waals surface area contributed by atoms with Gasteiger partial charge in [-0.1, -0.05) is 56.5 Å². The Bertz CT molecular complexity index is 3310. The van der Waals surface area contributed by atoms with Crippen molar-refractivity contribution in [3.8, 4) is 42.5 Å². The number of aryl methyl sites for hydroxylation is 6.